The van der Waals surface area contributed by atoms with Gasteiger partial charge in [0.25, 0.3) is 0 Å². The fourth-order valence-electron chi connectivity index (χ4n) is 4.56. The van der Waals surface area contributed by atoms with Crippen LogP contribution in [0.3, 0.4) is 0 Å². The lowest BCUT2D eigenvalue weighted by Crippen LogP contribution is -2.43. The van der Waals surface area contributed by atoms with Crippen LogP contribution in [0.25, 0.3) is 17.5 Å². The number of H-pyrrole nitrogens is 1. The van der Waals surface area contributed by atoms with Crippen LogP contribution in [0.2, 0.25) is 0 Å². The average molecular weight is 446 g/mol. The molecular weight excluding hydrogens is 417 g/mol. The summed E-state index contributed by atoms with van der Waals surface area (Å²) in [5, 5.41) is 11.9. The summed E-state index contributed by atoms with van der Waals surface area (Å²) in [5.41, 5.74) is 2.61. The van der Waals surface area contributed by atoms with Crippen LogP contribution in [0.5, 0.6) is 0 Å². The number of rotatable bonds is 5. The molecule has 3 N–H and O–H groups in total. The van der Waals surface area contributed by atoms with E-state index < -0.39 is 0 Å². The van der Waals surface area contributed by atoms with Gasteiger partial charge in [-0.25, -0.2) is 14.4 Å². The molecule has 0 saturated carbocycles. The highest BCUT2D eigenvalue weighted by Gasteiger charge is 2.27. The highest BCUT2D eigenvalue weighted by atomic mass is 19.1. The third-order valence-corrected chi connectivity index (χ3v) is 6.24. The summed E-state index contributed by atoms with van der Waals surface area (Å²) in [5.74, 6) is 1.81. The lowest BCUT2D eigenvalue weighted by atomic mass is 10.0. The van der Waals surface area contributed by atoms with E-state index in [1.54, 1.807) is 24.4 Å². The van der Waals surface area contributed by atoms with Gasteiger partial charge in [-0.2, -0.15) is 0 Å². The van der Waals surface area contributed by atoms with Crippen molar-refractivity contribution < 1.29 is 4.39 Å². The molecule has 2 aliphatic rings. The second kappa shape index (κ2) is 9.54. The first-order chi connectivity index (χ1) is 16.2. The third-order valence-electron chi connectivity index (χ3n) is 6.24. The van der Waals surface area contributed by atoms with Crippen molar-refractivity contribution in [1.29, 1.82) is 5.41 Å². The molecule has 0 radical (unpaired) electrons. The zero-order valence-corrected chi connectivity index (χ0v) is 18.5. The number of aromatic nitrogens is 3. The lowest BCUT2D eigenvalue weighted by molar-refractivity contribution is 0.399. The van der Waals surface area contributed by atoms with Crippen LogP contribution in [0.1, 0.15) is 30.3 Å². The predicted molar refractivity (Wildman–Crippen MR) is 129 cm³/mol. The number of amidine groups is 1. The topological polar surface area (TPSA) is 83.9 Å². The second-order valence-electron chi connectivity index (χ2n) is 8.43. The van der Waals surface area contributed by atoms with Crippen molar-refractivity contribution in [3.05, 3.63) is 71.9 Å². The van der Waals surface area contributed by atoms with Crippen LogP contribution in [-0.4, -0.2) is 58.4 Å². The van der Waals surface area contributed by atoms with Gasteiger partial charge in [-0.05, 0) is 54.8 Å². The molecule has 1 aromatic carbocycles. The molecule has 2 saturated heterocycles. The molecule has 2 aliphatic heterocycles. The number of hydrogen-bond acceptors (Lipinski definition) is 5. The molecule has 1 atom stereocenters. The van der Waals surface area contributed by atoms with Crippen molar-refractivity contribution in [2.75, 3.05) is 37.6 Å². The van der Waals surface area contributed by atoms with E-state index in [2.05, 4.69) is 20.2 Å². The van der Waals surface area contributed by atoms with Gasteiger partial charge in [-0.1, -0.05) is 18.2 Å². The van der Waals surface area contributed by atoms with Crippen molar-refractivity contribution >= 4 is 17.7 Å². The van der Waals surface area contributed by atoms with Crippen LogP contribution >= 0.6 is 0 Å². The average Bonchev–Trinajstić information content (AvgIpc) is 3.53. The van der Waals surface area contributed by atoms with Gasteiger partial charge < -0.3 is 20.1 Å². The summed E-state index contributed by atoms with van der Waals surface area (Å²) in [6.07, 6.45) is 7.24. The van der Waals surface area contributed by atoms with Crippen molar-refractivity contribution in [1.82, 2.24) is 25.2 Å². The summed E-state index contributed by atoms with van der Waals surface area (Å²) in [6, 6.07) is 12.8. The molecule has 0 amide bonds. The first-order valence-corrected chi connectivity index (χ1v) is 11.4. The van der Waals surface area contributed by atoms with Gasteiger partial charge in [-0.15, -0.1) is 0 Å². The molecule has 0 bridgehead atoms. The number of anilines is 1. The standard InChI is InChI=1S/C25H28FN7/c26-19-5-1-4-18(16-19)22-7-3-13-33(22)23(27)9-10-24-29-17-21(30-24)20-6-2-8-25(31-20)32-14-11-28-12-15-32/h1-2,4-6,8-10,16-17,22,27-28H,3,7,11-15H2,(H,29,30)/b10-9-,27-23?/t22-/m1/s1. The van der Waals surface area contributed by atoms with Gasteiger partial charge in [0.05, 0.1) is 23.6 Å². The summed E-state index contributed by atoms with van der Waals surface area (Å²) >= 11 is 0. The van der Waals surface area contributed by atoms with Gasteiger partial charge in [0.15, 0.2) is 0 Å². The molecule has 0 unspecified atom stereocenters. The van der Waals surface area contributed by atoms with Crippen LogP contribution in [0.4, 0.5) is 10.2 Å². The van der Waals surface area contributed by atoms with Crippen molar-refractivity contribution in [3.63, 3.8) is 0 Å². The molecule has 7 nitrogen and oxygen atoms in total. The molecule has 0 aliphatic carbocycles. The van der Waals surface area contributed by atoms with E-state index in [9.17, 15) is 4.39 Å². The van der Waals surface area contributed by atoms with Gasteiger partial charge in [0.2, 0.25) is 0 Å². The van der Waals surface area contributed by atoms with Crippen molar-refractivity contribution in [2.24, 2.45) is 0 Å². The Hall–Kier alpha value is -3.52. The minimum absolute atomic E-state index is 0.0296. The van der Waals surface area contributed by atoms with E-state index in [1.807, 2.05) is 35.2 Å². The number of nitrogens with zero attached hydrogens (tertiary/aromatic N) is 4. The summed E-state index contributed by atoms with van der Waals surface area (Å²) < 4.78 is 13.7. The van der Waals surface area contributed by atoms with Crippen molar-refractivity contribution in [2.45, 2.75) is 18.9 Å². The fraction of sp³-hybridized carbons (Fsp3) is 0.320. The third kappa shape index (κ3) is 4.80. The van der Waals surface area contributed by atoms with E-state index in [-0.39, 0.29) is 11.9 Å². The Morgan fingerprint density at radius 3 is 2.82 bits per heavy atom. The Balaban J connectivity index is 1.28. The highest BCUT2D eigenvalue weighted by Crippen LogP contribution is 2.32. The summed E-state index contributed by atoms with van der Waals surface area (Å²) in [7, 11) is 0. The SMILES string of the molecule is N=C(/C=C\c1ncc(-c2cccc(N3CCNCC3)n2)[nH]1)N1CCC[C@@H]1c1cccc(F)c1. The van der Waals surface area contributed by atoms with E-state index in [1.165, 1.54) is 6.07 Å². The predicted octanol–water partition coefficient (Wildman–Crippen LogP) is 3.85. The molecule has 2 fully saturated rings. The number of benzene rings is 1. The number of halogens is 1. The Bertz CT molecular complexity index is 1150. The maximum absolute atomic E-state index is 13.7. The Morgan fingerprint density at radius 1 is 1.12 bits per heavy atom. The van der Waals surface area contributed by atoms with E-state index in [4.69, 9.17) is 10.4 Å². The molecule has 8 heteroatoms. The molecule has 4 heterocycles. The van der Waals surface area contributed by atoms with Gasteiger partial charge in [0, 0.05) is 32.7 Å². The molecular formula is C25H28FN7. The van der Waals surface area contributed by atoms with Gasteiger partial charge in [0.1, 0.15) is 23.3 Å². The lowest BCUT2D eigenvalue weighted by Gasteiger charge is -2.28. The normalized spacial score (nSPS) is 18.9. The minimum Gasteiger partial charge on any atom is -0.354 e. The van der Waals surface area contributed by atoms with Gasteiger partial charge in [-0.3, -0.25) is 5.41 Å². The number of aromatic amines is 1. The second-order valence-corrected chi connectivity index (χ2v) is 8.43. The van der Waals surface area contributed by atoms with Gasteiger partial charge >= 0.3 is 0 Å². The van der Waals surface area contributed by atoms with Crippen molar-refractivity contribution in [3.8, 4) is 11.4 Å². The number of piperazine rings is 1. The van der Waals surface area contributed by atoms with Crippen LogP contribution in [0, 0.1) is 11.2 Å². The Labute approximate surface area is 192 Å². The Kier molecular flexibility index (Phi) is 6.17. The first kappa shape index (κ1) is 21.3. The number of imidazole rings is 1. The molecule has 3 aromatic rings. The zero-order chi connectivity index (χ0) is 22.6. The molecule has 5 rings (SSSR count). The monoisotopic (exact) mass is 445 g/mol. The molecule has 2 aromatic heterocycles. The van der Waals surface area contributed by atoms with E-state index >= 15 is 0 Å². The smallest absolute Gasteiger partial charge is 0.130 e. The largest absolute Gasteiger partial charge is 0.354 e. The number of likely N-dealkylation sites (tertiary alicyclic amines) is 1. The van der Waals surface area contributed by atoms with E-state index in [0.717, 1.165) is 68.3 Å². The fourth-order valence-corrected chi connectivity index (χ4v) is 4.56. The summed E-state index contributed by atoms with van der Waals surface area (Å²) in [6.45, 7) is 4.61. The van der Waals surface area contributed by atoms with Crippen LogP contribution < -0.4 is 10.2 Å². The molecule has 33 heavy (non-hydrogen) atoms. The summed E-state index contributed by atoms with van der Waals surface area (Å²) in [4.78, 5) is 16.9. The first-order valence-electron chi connectivity index (χ1n) is 11.4. The minimum atomic E-state index is -0.237. The quantitative estimate of drug-likeness (QED) is 0.410. The number of nitrogens with one attached hydrogen (secondary N) is 3. The molecule has 0 spiro atoms. The maximum Gasteiger partial charge on any atom is 0.130 e. The number of pyridine rings is 1. The Morgan fingerprint density at radius 2 is 1.97 bits per heavy atom. The zero-order valence-electron chi connectivity index (χ0n) is 18.5. The van der Waals surface area contributed by atoms with Crippen LogP contribution in [0.15, 0.2) is 54.7 Å². The number of hydrogen-bond donors (Lipinski definition) is 3. The molecule has 170 valence electrons. The maximum atomic E-state index is 13.7. The van der Waals surface area contributed by atoms with Crippen LogP contribution in [-0.2, 0) is 0 Å². The highest BCUT2D eigenvalue weighted by molar-refractivity contribution is 5.94. The van der Waals surface area contributed by atoms with E-state index in [0.29, 0.717) is 11.7 Å².